The number of carbonyl (C=O) groups excluding carboxylic acids is 1. The van der Waals surface area contributed by atoms with Crippen molar-refractivity contribution in [3.63, 3.8) is 0 Å². The van der Waals surface area contributed by atoms with E-state index < -0.39 is 0 Å². The standard InChI is InChI=1S/C16H26N4O4S/c1-20(2)8-6-7-17-16(25)19-18-15(21)11-9-12(22-3)14(24-5)13(10-11)23-4/h9-10H,6-8H2,1-5H3,(H,18,21)(H2,17,19,25)/p+1. The molecule has 8 nitrogen and oxygen atoms in total. The number of rotatable bonds is 8. The highest BCUT2D eigenvalue weighted by Gasteiger charge is 2.17. The second-order valence-electron chi connectivity index (χ2n) is 5.56. The SMILES string of the molecule is COc1cc(C(=O)NNC(=S)NCCC[NH+](C)C)cc(OC)c1OC. The molecule has 0 aliphatic rings. The predicted octanol–water partition coefficient (Wildman–Crippen LogP) is -0.644. The monoisotopic (exact) mass is 371 g/mol. The summed E-state index contributed by atoms with van der Waals surface area (Å²) in [5.41, 5.74) is 5.56. The van der Waals surface area contributed by atoms with E-state index in [4.69, 9.17) is 26.4 Å². The van der Waals surface area contributed by atoms with Crippen LogP contribution in [0, 0.1) is 0 Å². The Hall–Kier alpha value is -2.26. The van der Waals surface area contributed by atoms with E-state index in [1.807, 2.05) is 0 Å². The van der Waals surface area contributed by atoms with Gasteiger partial charge in [-0.05, 0) is 24.4 Å². The molecule has 0 unspecified atom stereocenters. The number of hydrogen-bond donors (Lipinski definition) is 4. The van der Waals surface area contributed by atoms with Crippen LogP contribution >= 0.6 is 12.2 Å². The highest BCUT2D eigenvalue weighted by molar-refractivity contribution is 7.80. The molecule has 140 valence electrons. The molecule has 1 aromatic rings. The lowest BCUT2D eigenvalue weighted by molar-refractivity contribution is -0.858. The Morgan fingerprint density at radius 2 is 1.68 bits per heavy atom. The van der Waals surface area contributed by atoms with E-state index in [1.165, 1.54) is 26.2 Å². The molecular formula is C16H27N4O4S+. The number of amides is 1. The largest absolute Gasteiger partial charge is 0.493 e. The summed E-state index contributed by atoms with van der Waals surface area (Å²) in [6.07, 6.45) is 0.977. The van der Waals surface area contributed by atoms with E-state index in [2.05, 4.69) is 30.3 Å². The average molecular weight is 371 g/mol. The Morgan fingerprint density at radius 3 is 2.16 bits per heavy atom. The zero-order chi connectivity index (χ0) is 18.8. The Labute approximate surface area is 153 Å². The highest BCUT2D eigenvalue weighted by Crippen LogP contribution is 2.38. The third kappa shape index (κ3) is 6.63. The minimum atomic E-state index is -0.374. The van der Waals surface area contributed by atoms with Gasteiger partial charge in [-0.15, -0.1) is 0 Å². The van der Waals surface area contributed by atoms with Crippen LogP contribution in [0.5, 0.6) is 17.2 Å². The van der Waals surface area contributed by atoms with Gasteiger partial charge in [0.2, 0.25) is 5.75 Å². The van der Waals surface area contributed by atoms with Crippen LogP contribution in [0.2, 0.25) is 0 Å². The molecule has 0 atom stereocenters. The van der Waals surface area contributed by atoms with E-state index in [9.17, 15) is 4.79 Å². The molecule has 0 radical (unpaired) electrons. The van der Waals surface area contributed by atoms with Crippen LogP contribution in [0.25, 0.3) is 0 Å². The fraction of sp³-hybridized carbons (Fsp3) is 0.500. The maximum atomic E-state index is 12.3. The van der Waals surface area contributed by atoms with E-state index in [0.717, 1.165) is 19.5 Å². The van der Waals surface area contributed by atoms with E-state index in [1.54, 1.807) is 12.1 Å². The average Bonchev–Trinajstić information content (AvgIpc) is 2.61. The van der Waals surface area contributed by atoms with Crippen molar-refractivity contribution < 1.29 is 23.9 Å². The summed E-state index contributed by atoms with van der Waals surface area (Å²) >= 11 is 5.13. The van der Waals surface area contributed by atoms with Crippen LogP contribution in [-0.4, -0.2) is 59.5 Å². The molecule has 0 heterocycles. The second-order valence-corrected chi connectivity index (χ2v) is 5.97. The molecule has 0 aliphatic carbocycles. The van der Waals surface area contributed by atoms with Crippen molar-refractivity contribution in [1.82, 2.24) is 16.2 Å². The summed E-state index contributed by atoms with van der Waals surface area (Å²) in [5, 5.41) is 3.39. The molecule has 0 saturated carbocycles. The summed E-state index contributed by atoms with van der Waals surface area (Å²) < 4.78 is 15.7. The van der Waals surface area contributed by atoms with Gasteiger partial charge in [0.25, 0.3) is 5.91 Å². The first kappa shape index (κ1) is 20.8. The minimum Gasteiger partial charge on any atom is -0.493 e. The maximum absolute atomic E-state index is 12.3. The predicted molar refractivity (Wildman–Crippen MR) is 99.6 cm³/mol. The Kier molecular flexibility index (Phi) is 8.79. The zero-order valence-electron chi connectivity index (χ0n) is 15.3. The molecule has 0 spiro atoms. The zero-order valence-corrected chi connectivity index (χ0v) is 16.1. The molecule has 0 bridgehead atoms. The van der Waals surface area contributed by atoms with Crippen molar-refractivity contribution in [3.05, 3.63) is 17.7 Å². The number of hydrazine groups is 1. The van der Waals surface area contributed by atoms with Crippen molar-refractivity contribution in [2.75, 3.05) is 48.5 Å². The number of thiocarbonyl (C=S) groups is 1. The summed E-state index contributed by atoms with van der Waals surface area (Å²) in [5.74, 6) is 0.855. The van der Waals surface area contributed by atoms with Gasteiger partial charge in [0.05, 0.1) is 42.0 Å². The van der Waals surface area contributed by atoms with Gasteiger partial charge in [-0.1, -0.05) is 0 Å². The fourth-order valence-corrected chi connectivity index (χ4v) is 2.24. The lowest BCUT2D eigenvalue weighted by Crippen LogP contribution is -3.05. The first-order valence-electron chi connectivity index (χ1n) is 7.86. The Bertz CT molecular complexity index is 570. The minimum absolute atomic E-state index is 0.348. The summed E-state index contributed by atoms with van der Waals surface area (Å²) in [7, 11) is 8.67. The summed E-state index contributed by atoms with van der Waals surface area (Å²) in [6.45, 7) is 1.77. The lowest BCUT2D eigenvalue weighted by atomic mass is 10.1. The van der Waals surface area contributed by atoms with Gasteiger partial charge in [0.1, 0.15) is 0 Å². The van der Waals surface area contributed by atoms with Crippen LogP contribution < -0.4 is 35.3 Å². The lowest BCUT2D eigenvalue weighted by Gasteiger charge is -2.15. The van der Waals surface area contributed by atoms with Gasteiger partial charge in [0.15, 0.2) is 16.6 Å². The number of carbonyl (C=O) groups is 1. The normalized spacial score (nSPS) is 10.2. The van der Waals surface area contributed by atoms with E-state index in [0.29, 0.717) is 27.9 Å². The first-order valence-corrected chi connectivity index (χ1v) is 8.27. The smallest absolute Gasteiger partial charge is 0.269 e. The van der Waals surface area contributed by atoms with E-state index >= 15 is 0 Å². The number of methoxy groups -OCH3 is 3. The van der Waals surface area contributed by atoms with Crippen LogP contribution in [0.4, 0.5) is 0 Å². The molecule has 0 saturated heterocycles. The third-order valence-electron chi connectivity index (χ3n) is 3.36. The number of nitrogens with one attached hydrogen (secondary N) is 4. The molecule has 1 amide bonds. The van der Waals surface area contributed by atoms with Gasteiger partial charge in [-0.3, -0.25) is 15.6 Å². The number of benzene rings is 1. The molecule has 0 aromatic heterocycles. The molecule has 9 heteroatoms. The van der Waals surface area contributed by atoms with Crippen molar-refractivity contribution >= 4 is 23.2 Å². The summed E-state index contributed by atoms with van der Waals surface area (Å²) in [4.78, 5) is 13.7. The molecule has 1 aromatic carbocycles. The first-order chi connectivity index (χ1) is 11.9. The third-order valence-corrected chi connectivity index (χ3v) is 3.60. The van der Waals surface area contributed by atoms with Crippen LogP contribution in [0.15, 0.2) is 12.1 Å². The molecule has 1 rings (SSSR count). The number of ether oxygens (including phenoxy) is 3. The van der Waals surface area contributed by atoms with Gasteiger partial charge < -0.3 is 24.4 Å². The Morgan fingerprint density at radius 1 is 1.08 bits per heavy atom. The molecular weight excluding hydrogens is 344 g/mol. The van der Waals surface area contributed by atoms with Crippen LogP contribution in [0.3, 0.4) is 0 Å². The van der Waals surface area contributed by atoms with Gasteiger partial charge in [0, 0.05) is 18.5 Å². The highest BCUT2D eigenvalue weighted by atomic mass is 32.1. The van der Waals surface area contributed by atoms with Gasteiger partial charge in [-0.25, -0.2) is 0 Å². The van der Waals surface area contributed by atoms with E-state index in [-0.39, 0.29) is 5.91 Å². The van der Waals surface area contributed by atoms with Crippen molar-refractivity contribution in [2.45, 2.75) is 6.42 Å². The van der Waals surface area contributed by atoms with Crippen molar-refractivity contribution in [2.24, 2.45) is 0 Å². The second kappa shape index (κ2) is 10.6. The number of hydrogen-bond acceptors (Lipinski definition) is 5. The quantitative estimate of drug-likeness (QED) is 0.275. The maximum Gasteiger partial charge on any atom is 0.269 e. The molecule has 0 fully saturated rings. The number of quaternary nitrogens is 1. The molecule has 4 N–H and O–H groups in total. The van der Waals surface area contributed by atoms with Gasteiger partial charge in [-0.2, -0.15) is 0 Å². The summed E-state index contributed by atoms with van der Waals surface area (Å²) in [6, 6.07) is 3.13. The van der Waals surface area contributed by atoms with Crippen molar-refractivity contribution in [1.29, 1.82) is 0 Å². The molecule has 0 aliphatic heterocycles. The topological polar surface area (TPSA) is 85.3 Å². The fourth-order valence-electron chi connectivity index (χ4n) is 2.09. The van der Waals surface area contributed by atoms with Crippen LogP contribution in [-0.2, 0) is 0 Å². The van der Waals surface area contributed by atoms with Crippen LogP contribution in [0.1, 0.15) is 16.8 Å². The van der Waals surface area contributed by atoms with Crippen molar-refractivity contribution in [3.8, 4) is 17.2 Å². The van der Waals surface area contributed by atoms with Gasteiger partial charge >= 0.3 is 0 Å². The Balaban J connectivity index is 2.61. The molecule has 25 heavy (non-hydrogen) atoms.